The molecule has 0 aliphatic rings. The van der Waals surface area contributed by atoms with Crippen molar-refractivity contribution in [1.29, 1.82) is 0 Å². The van der Waals surface area contributed by atoms with Crippen molar-refractivity contribution in [3.8, 4) is 0 Å². The monoisotopic (exact) mass is 279 g/mol. The Balaban J connectivity index is 1.92. The number of anilines is 1. The lowest BCUT2D eigenvalue weighted by Gasteiger charge is -2.00. The highest BCUT2D eigenvalue weighted by Crippen LogP contribution is 2.19. The van der Waals surface area contributed by atoms with Crippen LogP contribution in [-0.2, 0) is 16.1 Å². The molecule has 9 heteroatoms. The molecule has 0 saturated carbocycles. The molecule has 0 aliphatic heterocycles. The van der Waals surface area contributed by atoms with E-state index in [2.05, 4.69) is 20.4 Å². The van der Waals surface area contributed by atoms with Gasteiger partial charge in [0, 0.05) is 17.2 Å². The SMILES string of the molecule is O=C(O)/C=C/c1cnc(NC(=O)Cn2cncn2)s1. The number of carbonyl (C=O) groups is 2. The first-order valence-corrected chi connectivity index (χ1v) is 5.94. The molecule has 8 nitrogen and oxygen atoms in total. The van der Waals surface area contributed by atoms with E-state index in [1.807, 2.05) is 0 Å². The third kappa shape index (κ3) is 4.00. The number of carboxylic acids is 1. The molecule has 0 saturated heterocycles. The Morgan fingerprint density at radius 2 is 2.37 bits per heavy atom. The predicted octanol–water partition coefficient (Wildman–Crippen LogP) is 0.471. The van der Waals surface area contributed by atoms with Gasteiger partial charge in [0.2, 0.25) is 5.91 Å². The van der Waals surface area contributed by atoms with E-state index in [4.69, 9.17) is 5.11 Å². The van der Waals surface area contributed by atoms with Crippen molar-refractivity contribution in [3.05, 3.63) is 29.8 Å². The van der Waals surface area contributed by atoms with Crippen molar-refractivity contribution in [2.75, 3.05) is 5.32 Å². The molecule has 0 atom stereocenters. The third-order valence-corrected chi connectivity index (χ3v) is 2.81. The zero-order chi connectivity index (χ0) is 13.7. The van der Waals surface area contributed by atoms with Crippen LogP contribution in [0.4, 0.5) is 5.13 Å². The molecule has 2 rings (SSSR count). The largest absolute Gasteiger partial charge is 0.478 e. The third-order valence-electron chi connectivity index (χ3n) is 1.93. The number of rotatable bonds is 5. The van der Waals surface area contributed by atoms with Gasteiger partial charge in [0.1, 0.15) is 19.2 Å². The van der Waals surface area contributed by atoms with Crippen molar-refractivity contribution in [2.45, 2.75) is 6.54 Å². The Labute approximate surface area is 111 Å². The van der Waals surface area contributed by atoms with E-state index in [1.54, 1.807) is 0 Å². The number of aliphatic carboxylic acids is 1. The molecule has 98 valence electrons. The van der Waals surface area contributed by atoms with E-state index in [9.17, 15) is 9.59 Å². The Kier molecular flexibility index (Phi) is 3.98. The van der Waals surface area contributed by atoms with E-state index in [0.29, 0.717) is 10.0 Å². The Hall–Kier alpha value is -2.55. The number of carbonyl (C=O) groups excluding carboxylic acids is 1. The van der Waals surface area contributed by atoms with Crippen LogP contribution in [0.15, 0.2) is 24.9 Å². The zero-order valence-electron chi connectivity index (χ0n) is 9.55. The molecule has 0 unspecified atom stereocenters. The fourth-order valence-corrected chi connectivity index (χ4v) is 1.93. The minimum absolute atomic E-state index is 0.0415. The van der Waals surface area contributed by atoms with Crippen LogP contribution >= 0.6 is 11.3 Å². The first-order valence-electron chi connectivity index (χ1n) is 5.12. The summed E-state index contributed by atoms with van der Waals surface area (Å²) in [4.78, 5) is 30.3. The summed E-state index contributed by atoms with van der Waals surface area (Å²) in [5, 5.41) is 15.3. The molecule has 0 aromatic carbocycles. The van der Waals surface area contributed by atoms with Gasteiger partial charge in [0.25, 0.3) is 0 Å². The Bertz CT molecular complexity index is 604. The van der Waals surface area contributed by atoms with Crippen LogP contribution in [0.3, 0.4) is 0 Å². The highest BCUT2D eigenvalue weighted by molar-refractivity contribution is 7.16. The van der Waals surface area contributed by atoms with Crippen LogP contribution < -0.4 is 5.32 Å². The number of hydrogen-bond donors (Lipinski definition) is 2. The second kappa shape index (κ2) is 5.87. The Morgan fingerprint density at radius 3 is 3.05 bits per heavy atom. The number of aromatic nitrogens is 4. The van der Waals surface area contributed by atoms with Crippen LogP contribution in [0.5, 0.6) is 0 Å². The molecular weight excluding hydrogens is 270 g/mol. The van der Waals surface area contributed by atoms with Gasteiger partial charge in [-0.2, -0.15) is 5.10 Å². The maximum Gasteiger partial charge on any atom is 0.328 e. The zero-order valence-corrected chi connectivity index (χ0v) is 10.4. The lowest BCUT2D eigenvalue weighted by molar-refractivity contribution is -0.131. The summed E-state index contributed by atoms with van der Waals surface area (Å²) in [6, 6.07) is 0. The van der Waals surface area contributed by atoms with Gasteiger partial charge in [0.05, 0.1) is 0 Å². The van der Waals surface area contributed by atoms with E-state index in [-0.39, 0.29) is 12.5 Å². The lowest BCUT2D eigenvalue weighted by atomic mass is 10.4. The normalized spacial score (nSPS) is 10.7. The molecule has 2 heterocycles. The first kappa shape index (κ1) is 12.9. The second-order valence-electron chi connectivity index (χ2n) is 3.38. The van der Waals surface area contributed by atoms with Crippen LogP contribution in [0.25, 0.3) is 6.08 Å². The number of nitrogens with one attached hydrogen (secondary N) is 1. The summed E-state index contributed by atoms with van der Waals surface area (Å²) in [5.41, 5.74) is 0. The summed E-state index contributed by atoms with van der Waals surface area (Å²) in [7, 11) is 0. The van der Waals surface area contributed by atoms with E-state index in [1.165, 1.54) is 40.9 Å². The number of amides is 1. The summed E-state index contributed by atoms with van der Waals surface area (Å²) in [6.07, 6.45) is 6.67. The molecule has 2 aromatic heterocycles. The van der Waals surface area contributed by atoms with Crippen molar-refractivity contribution < 1.29 is 14.7 Å². The van der Waals surface area contributed by atoms with Gasteiger partial charge in [-0.3, -0.25) is 4.79 Å². The summed E-state index contributed by atoms with van der Waals surface area (Å²) >= 11 is 1.18. The topological polar surface area (TPSA) is 110 Å². The molecule has 0 fully saturated rings. The summed E-state index contributed by atoms with van der Waals surface area (Å²) in [6.45, 7) is 0.0415. The first-order chi connectivity index (χ1) is 9.13. The average molecular weight is 279 g/mol. The maximum atomic E-state index is 11.6. The smallest absolute Gasteiger partial charge is 0.328 e. The molecule has 0 aliphatic carbocycles. The van der Waals surface area contributed by atoms with Crippen LogP contribution in [0.1, 0.15) is 4.88 Å². The van der Waals surface area contributed by atoms with Crippen LogP contribution in [0.2, 0.25) is 0 Å². The quantitative estimate of drug-likeness (QED) is 0.770. The van der Waals surface area contributed by atoms with Crippen molar-refractivity contribution in [1.82, 2.24) is 19.7 Å². The number of carboxylic acid groups (broad SMARTS) is 1. The van der Waals surface area contributed by atoms with Gasteiger partial charge in [-0.15, -0.1) is 0 Å². The summed E-state index contributed by atoms with van der Waals surface area (Å²) in [5.74, 6) is -1.32. The van der Waals surface area contributed by atoms with Gasteiger partial charge in [-0.1, -0.05) is 11.3 Å². The van der Waals surface area contributed by atoms with E-state index >= 15 is 0 Å². The van der Waals surface area contributed by atoms with E-state index in [0.717, 1.165) is 6.08 Å². The summed E-state index contributed by atoms with van der Waals surface area (Å²) < 4.78 is 1.38. The molecule has 0 bridgehead atoms. The maximum absolute atomic E-state index is 11.6. The molecule has 0 spiro atoms. The molecule has 0 radical (unpaired) electrons. The molecule has 19 heavy (non-hydrogen) atoms. The minimum atomic E-state index is -1.04. The predicted molar refractivity (Wildman–Crippen MR) is 67.4 cm³/mol. The molecular formula is C10H9N5O3S. The van der Waals surface area contributed by atoms with Crippen molar-refractivity contribution >= 4 is 34.4 Å². The van der Waals surface area contributed by atoms with Gasteiger partial charge in [0.15, 0.2) is 5.13 Å². The van der Waals surface area contributed by atoms with Crippen molar-refractivity contribution in [2.24, 2.45) is 0 Å². The van der Waals surface area contributed by atoms with E-state index < -0.39 is 5.97 Å². The van der Waals surface area contributed by atoms with Crippen LogP contribution in [0, 0.1) is 0 Å². The number of hydrogen-bond acceptors (Lipinski definition) is 6. The van der Waals surface area contributed by atoms with Gasteiger partial charge >= 0.3 is 5.97 Å². The van der Waals surface area contributed by atoms with Gasteiger partial charge < -0.3 is 10.4 Å². The minimum Gasteiger partial charge on any atom is -0.478 e. The lowest BCUT2D eigenvalue weighted by Crippen LogP contribution is -2.18. The highest BCUT2D eigenvalue weighted by Gasteiger charge is 2.07. The number of nitrogens with zero attached hydrogens (tertiary/aromatic N) is 4. The molecule has 2 N–H and O–H groups in total. The fourth-order valence-electron chi connectivity index (χ4n) is 1.20. The average Bonchev–Trinajstić information content (AvgIpc) is 2.98. The van der Waals surface area contributed by atoms with Gasteiger partial charge in [-0.05, 0) is 6.08 Å². The van der Waals surface area contributed by atoms with Gasteiger partial charge in [-0.25, -0.2) is 19.4 Å². The van der Waals surface area contributed by atoms with Crippen molar-refractivity contribution in [3.63, 3.8) is 0 Å². The highest BCUT2D eigenvalue weighted by atomic mass is 32.1. The standard InChI is InChI=1S/C10H9N5O3S/c16-8(4-15-6-11-5-13-15)14-10-12-3-7(19-10)1-2-9(17)18/h1-3,5-6H,4H2,(H,17,18)(H,12,14,16)/b2-1+. The fraction of sp³-hybridized carbons (Fsp3) is 0.100. The Morgan fingerprint density at radius 1 is 1.53 bits per heavy atom. The second-order valence-corrected chi connectivity index (χ2v) is 4.44. The number of thiazole rings is 1. The molecule has 1 amide bonds. The molecule has 2 aromatic rings. The van der Waals surface area contributed by atoms with Crippen LogP contribution in [-0.4, -0.2) is 36.7 Å².